The fourth-order valence-corrected chi connectivity index (χ4v) is 5.73. The summed E-state index contributed by atoms with van der Waals surface area (Å²) in [5.41, 5.74) is 2.80. The summed E-state index contributed by atoms with van der Waals surface area (Å²) >= 11 is 1.48. The number of thiophene rings is 1. The molecular formula is C27H27N3O6S. The van der Waals surface area contributed by atoms with Crippen LogP contribution in [-0.2, 0) is 17.7 Å². The van der Waals surface area contributed by atoms with Crippen LogP contribution >= 0.6 is 11.3 Å². The van der Waals surface area contributed by atoms with Crippen molar-refractivity contribution in [2.75, 3.05) is 25.1 Å². The highest BCUT2D eigenvalue weighted by Crippen LogP contribution is 2.41. The van der Waals surface area contributed by atoms with Gasteiger partial charge in [0.2, 0.25) is 0 Å². The Kier molecular flexibility index (Phi) is 7.00. The molecule has 1 atom stereocenters. The van der Waals surface area contributed by atoms with E-state index in [1.807, 2.05) is 13.0 Å². The lowest BCUT2D eigenvalue weighted by molar-refractivity contribution is 0.0728. The second-order valence-corrected chi connectivity index (χ2v) is 9.63. The zero-order valence-electron chi connectivity index (χ0n) is 20.5. The molecule has 37 heavy (non-hydrogen) atoms. The maximum Gasteiger partial charge on any atom is 0.410 e. The van der Waals surface area contributed by atoms with Gasteiger partial charge in [-0.15, -0.1) is 11.3 Å². The normalized spacial score (nSPS) is 16.1. The molecule has 3 aromatic rings. The zero-order chi connectivity index (χ0) is 25.9. The SMILES string of the molecule is CCOC(=O)N1CCc2c(sc3c2C(=O)N[C@H](c2ccc(OC(=O)c4ccccc4)c(OCC)c2)N3)C1. The fraction of sp³-hybridized carbons (Fsp3) is 0.296. The number of hydrogen-bond donors (Lipinski definition) is 2. The van der Waals surface area contributed by atoms with Gasteiger partial charge in [-0.2, -0.15) is 0 Å². The van der Waals surface area contributed by atoms with Gasteiger partial charge in [0.1, 0.15) is 11.2 Å². The van der Waals surface area contributed by atoms with Gasteiger partial charge in [0, 0.05) is 11.4 Å². The third-order valence-electron chi connectivity index (χ3n) is 6.17. The first-order valence-electron chi connectivity index (χ1n) is 12.2. The smallest absolute Gasteiger partial charge is 0.410 e. The van der Waals surface area contributed by atoms with Crippen molar-refractivity contribution in [3.63, 3.8) is 0 Å². The highest BCUT2D eigenvalue weighted by molar-refractivity contribution is 7.16. The molecule has 5 rings (SSSR count). The Morgan fingerprint density at radius 1 is 1.05 bits per heavy atom. The molecule has 2 aromatic carbocycles. The average molecular weight is 522 g/mol. The van der Waals surface area contributed by atoms with Crippen molar-refractivity contribution in [2.45, 2.75) is 33.0 Å². The van der Waals surface area contributed by atoms with E-state index in [1.54, 1.807) is 54.3 Å². The van der Waals surface area contributed by atoms with E-state index in [2.05, 4.69) is 10.6 Å². The zero-order valence-corrected chi connectivity index (χ0v) is 21.4. The second-order valence-electron chi connectivity index (χ2n) is 8.52. The standard InChI is InChI=1S/C27H27N3O6S/c1-3-34-20-14-17(10-11-19(20)36-26(32)16-8-6-5-7-9-16)23-28-24(31)22-18-12-13-30(27(33)35-4-2)15-21(18)37-25(22)29-23/h5-11,14,23,29H,3-4,12-13,15H2,1-2H3,(H,28,31)/t23-/m0/s1. The van der Waals surface area contributed by atoms with Gasteiger partial charge < -0.3 is 29.7 Å². The highest BCUT2D eigenvalue weighted by Gasteiger charge is 2.34. The number of rotatable bonds is 6. The first-order chi connectivity index (χ1) is 18.0. The molecule has 0 spiro atoms. The van der Waals surface area contributed by atoms with Crippen molar-refractivity contribution in [3.8, 4) is 11.5 Å². The van der Waals surface area contributed by atoms with Gasteiger partial charge in [-0.25, -0.2) is 9.59 Å². The number of hydrogen-bond acceptors (Lipinski definition) is 8. The summed E-state index contributed by atoms with van der Waals surface area (Å²) in [6, 6.07) is 13.9. The van der Waals surface area contributed by atoms with Gasteiger partial charge in [0.15, 0.2) is 11.5 Å². The lowest BCUT2D eigenvalue weighted by Gasteiger charge is -2.28. The van der Waals surface area contributed by atoms with Crippen molar-refractivity contribution in [2.24, 2.45) is 0 Å². The number of esters is 1. The van der Waals surface area contributed by atoms with Crippen LogP contribution in [0, 0.1) is 0 Å². The largest absolute Gasteiger partial charge is 0.490 e. The van der Waals surface area contributed by atoms with Gasteiger partial charge in [-0.3, -0.25) is 4.79 Å². The van der Waals surface area contributed by atoms with Crippen LogP contribution < -0.4 is 20.1 Å². The van der Waals surface area contributed by atoms with Crippen LogP contribution in [0.5, 0.6) is 11.5 Å². The van der Waals surface area contributed by atoms with E-state index < -0.39 is 12.1 Å². The minimum Gasteiger partial charge on any atom is -0.490 e. The van der Waals surface area contributed by atoms with Crippen molar-refractivity contribution in [1.82, 2.24) is 10.2 Å². The van der Waals surface area contributed by atoms with Crippen molar-refractivity contribution in [3.05, 3.63) is 75.7 Å². The van der Waals surface area contributed by atoms with E-state index in [1.165, 1.54) is 11.3 Å². The number of benzene rings is 2. The quantitative estimate of drug-likeness (QED) is 0.357. The summed E-state index contributed by atoms with van der Waals surface area (Å²) in [5, 5.41) is 7.20. The molecule has 2 aliphatic heterocycles. The fourth-order valence-electron chi connectivity index (χ4n) is 4.44. The van der Waals surface area contributed by atoms with Crippen LogP contribution in [-0.4, -0.2) is 42.6 Å². The highest BCUT2D eigenvalue weighted by atomic mass is 32.1. The molecule has 3 heterocycles. The van der Waals surface area contributed by atoms with E-state index in [0.717, 1.165) is 21.0 Å². The number of amides is 2. The van der Waals surface area contributed by atoms with Crippen LogP contribution in [0.15, 0.2) is 48.5 Å². The molecule has 0 radical (unpaired) electrons. The predicted molar refractivity (Wildman–Crippen MR) is 138 cm³/mol. The molecule has 2 aliphatic rings. The Balaban J connectivity index is 1.36. The van der Waals surface area contributed by atoms with E-state index in [4.69, 9.17) is 14.2 Å². The molecule has 9 nitrogen and oxygen atoms in total. The molecule has 0 aliphatic carbocycles. The first-order valence-corrected chi connectivity index (χ1v) is 13.0. The van der Waals surface area contributed by atoms with Crippen LogP contribution in [0.4, 0.5) is 9.80 Å². The summed E-state index contributed by atoms with van der Waals surface area (Å²) in [6.45, 7) is 5.25. The predicted octanol–water partition coefficient (Wildman–Crippen LogP) is 4.73. The molecule has 2 amide bonds. The maximum absolute atomic E-state index is 13.1. The first kappa shape index (κ1) is 24.6. The van der Waals surface area contributed by atoms with Crippen molar-refractivity contribution in [1.29, 1.82) is 0 Å². The molecular weight excluding hydrogens is 494 g/mol. The Morgan fingerprint density at radius 2 is 1.86 bits per heavy atom. The molecule has 0 saturated heterocycles. The van der Waals surface area contributed by atoms with Crippen molar-refractivity contribution >= 4 is 34.3 Å². The number of carbonyl (C=O) groups excluding carboxylic acids is 3. The number of carbonyl (C=O) groups is 3. The Morgan fingerprint density at radius 3 is 2.62 bits per heavy atom. The van der Waals surface area contributed by atoms with E-state index in [0.29, 0.717) is 55.4 Å². The van der Waals surface area contributed by atoms with Crippen molar-refractivity contribution < 1.29 is 28.6 Å². The molecule has 0 fully saturated rings. The number of ether oxygens (including phenoxy) is 3. The molecule has 192 valence electrons. The minimum absolute atomic E-state index is 0.168. The van der Waals surface area contributed by atoms with Gasteiger partial charge >= 0.3 is 12.1 Å². The van der Waals surface area contributed by atoms with E-state index in [-0.39, 0.29) is 12.0 Å². The van der Waals surface area contributed by atoms with Crippen LogP contribution in [0.2, 0.25) is 0 Å². The van der Waals surface area contributed by atoms with Gasteiger partial charge in [0.05, 0.1) is 30.9 Å². The Bertz CT molecular complexity index is 1340. The summed E-state index contributed by atoms with van der Waals surface area (Å²) in [5.74, 6) is 0.0528. The second kappa shape index (κ2) is 10.5. The van der Waals surface area contributed by atoms with Gasteiger partial charge in [-0.1, -0.05) is 24.3 Å². The number of fused-ring (bicyclic) bond motifs is 3. The monoisotopic (exact) mass is 521 g/mol. The van der Waals surface area contributed by atoms with Crippen LogP contribution in [0.25, 0.3) is 0 Å². The molecule has 0 saturated carbocycles. The molecule has 1 aromatic heterocycles. The van der Waals surface area contributed by atoms with E-state index in [9.17, 15) is 14.4 Å². The molecule has 0 unspecified atom stereocenters. The van der Waals surface area contributed by atoms with Crippen LogP contribution in [0.1, 0.15) is 56.7 Å². The van der Waals surface area contributed by atoms with Gasteiger partial charge in [-0.05, 0) is 55.7 Å². The molecule has 2 N–H and O–H groups in total. The number of nitrogens with one attached hydrogen (secondary N) is 2. The van der Waals surface area contributed by atoms with E-state index >= 15 is 0 Å². The number of nitrogens with zero attached hydrogens (tertiary/aromatic N) is 1. The summed E-state index contributed by atoms with van der Waals surface area (Å²) in [4.78, 5) is 40.5. The lowest BCUT2D eigenvalue weighted by atomic mass is 10.0. The average Bonchev–Trinajstić information content (AvgIpc) is 3.28. The Labute approximate surface area is 218 Å². The molecule has 0 bridgehead atoms. The lowest BCUT2D eigenvalue weighted by Crippen LogP contribution is -2.39. The third kappa shape index (κ3) is 4.97. The number of anilines is 1. The summed E-state index contributed by atoms with van der Waals surface area (Å²) in [7, 11) is 0. The molecule has 10 heteroatoms. The minimum atomic E-state index is -0.501. The third-order valence-corrected chi connectivity index (χ3v) is 7.32. The summed E-state index contributed by atoms with van der Waals surface area (Å²) < 4.78 is 16.5. The van der Waals surface area contributed by atoms with Crippen LogP contribution in [0.3, 0.4) is 0 Å². The summed E-state index contributed by atoms with van der Waals surface area (Å²) in [6.07, 6.45) is -0.249. The van der Waals surface area contributed by atoms with Gasteiger partial charge in [0.25, 0.3) is 5.91 Å². The Hall–Kier alpha value is -4.05. The topological polar surface area (TPSA) is 106 Å². The maximum atomic E-state index is 13.1.